The van der Waals surface area contributed by atoms with E-state index in [0.717, 1.165) is 60.3 Å². The average molecular weight is 429 g/mol. The summed E-state index contributed by atoms with van der Waals surface area (Å²) in [4.78, 5) is 23.9. The van der Waals surface area contributed by atoms with E-state index in [4.69, 9.17) is 4.74 Å². The Hall–Kier alpha value is -2.12. The minimum Gasteiger partial charge on any atom is -0.497 e. The van der Waals surface area contributed by atoms with Crippen LogP contribution in [-0.2, 0) is 17.8 Å². The number of rotatable bonds is 8. The highest BCUT2D eigenvalue weighted by molar-refractivity contribution is 7.98. The molecule has 1 N–H and O–H groups in total. The van der Waals surface area contributed by atoms with Crippen molar-refractivity contribution in [3.8, 4) is 5.75 Å². The van der Waals surface area contributed by atoms with Gasteiger partial charge in [0.1, 0.15) is 5.75 Å². The molecule has 3 rings (SSSR count). The first kappa shape index (κ1) is 22.6. The monoisotopic (exact) mass is 428 g/mol. The van der Waals surface area contributed by atoms with Crippen LogP contribution in [0, 0.1) is 13.8 Å². The second-order valence-corrected chi connectivity index (χ2v) is 8.60. The van der Waals surface area contributed by atoms with Crippen LogP contribution in [0.5, 0.6) is 5.75 Å². The molecule has 0 spiro atoms. The number of aromatic nitrogens is 2. The Balaban J connectivity index is 1.43. The zero-order valence-corrected chi connectivity index (χ0v) is 19.2. The molecule has 1 fully saturated rings. The number of aryl methyl sites for hydroxylation is 2. The van der Waals surface area contributed by atoms with E-state index in [1.165, 1.54) is 5.56 Å². The molecule has 0 radical (unpaired) electrons. The van der Waals surface area contributed by atoms with Crippen molar-refractivity contribution in [1.82, 2.24) is 20.2 Å². The van der Waals surface area contributed by atoms with Crippen molar-refractivity contribution in [3.63, 3.8) is 0 Å². The highest BCUT2D eigenvalue weighted by atomic mass is 32.2. The molecule has 2 heterocycles. The van der Waals surface area contributed by atoms with Crippen molar-refractivity contribution in [2.45, 2.75) is 57.3 Å². The molecule has 1 aliphatic heterocycles. The maximum atomic E-state index is 12.5. The lowest BCUT2D eigenvalue weighted by Gasteiger charge is -2.32. The number of nitrogens with one attached hydrogen (secondary N) is 1. The molecule has 0 saturated carbocycles. The molecule has 1 aliphatic rings. The van der Waals surface area contributed by atoms with Crippen LogP contribution in [0.3, 0.4) is 0 Å². The number of thioether (sulfide) groups is 1. The van der Waals surface area contributed by atoms with E-state index in [9.17, 15) is 4.79 Å². The summed E-state index contributed by atoms with van der Waals surface area (Å²) in [5, 5.41) is 4.01. The minimum atomic E-state index is 0.119. The summed E-state index contributed by atoms with van der Waals surface area (Å²) < 4.78 is 5.31. The van der Waals surface area contributed by atoms with Crippen LogP contribution in [-0.4, -0.2) is 53.3 Å². The van der Waals surface area contributed by atoms with Crippen LogP contribution in [0.1, 0.15) is 41.8 Å². The quantitative estimate of drug-likeness (QED) is 0.512. The van der Waals surface area contributed by atoms with E-state index in [1.54, 1.807) is 18.9 Å². The van der Waals surface area contributed by atoms with Crippen molar-refractivity contribution in [1.29, 1.82) is 0 Å². The fourth-order valence-electron chi connectivity index (χ4n) is 3.96. The van der Waals surface area contributed by atoms with Crippen molar-refractivity contribution in [2.24, 2.45) is 0 Å². The van der Waals surface area contributed by atoms with Gasteiger partial charge < -0.3 is 10.1 Å². The van der Waals surface area contributed by atoms with Gasteiger partial charge in [-0.15, -0.1) is 0 Å². The number of hydrogen-bond donors (Lipinski definition) is 1. The fraction of sp³-hybridized carbons (Fsp3) is 0.522. The summed E-state index contributed by atoms with van der Waals surface area (Å²) in [7, 11) is 1.70. The van der Waals surface area contributed by atoms with Gasteiger partial charge in [-0.2, -0.15) is 0 Å². The number of amides is 1. The Labute approximate surface area is 183 Å². The summed E-state index contributed by atoms with van der Waals surface area (Å²) in [6.45, 7) is 6.90. The molecule has 0 bridgehead atoms. The van der Waals surface area contributed by atoms with Gasteiger partial charge in [0.05, 0.1) is 7.11 Å². The Kier molecular flexibility index (Phi) is 8.10. The number of carbonyl (C=O) groups excluding carboxylic acids is 1. The number of hydrogen-bond acceptors (Lipinski definition) is 6. The van der Waals surface area contributed by atoms with E-state index in [2.05, 4.69) is 32.3 Å². The molecule has 0 unspecified atom stereocenters. The number of methoxy groups -OCH3 is 1. The standard InChI is InChI=1S/C23H32N4O2S/c1-16-21(17(2)25-23(24-16)30-4)8-9-22(28)26-19-10-12-27(13-11-19)15-18-6-5-7-20(14-18)29-3/h5-7,14,19H,8-13,15H2,1-4H3,(H,26,28). The van der Waals surface area contributed by atoms with Crippen molar-refractivity contribution < 1.29 is 9.53 Å². The van der Waals surface area contributed by atoms with Crippen LogP contribution in [0.15, 0.2) is 29.4 Å². The van der Waals surface area contributed by atoms with Gasteiger partial charge in [0, 0.05) is 43.5 Å². The third kappa shape index (κ3) is 6.19. The Morgan fingerprint density at radius 1 is 1.23 bits per heavy atom. The Morgan fingerprint density at radius 3 is 2.57 bits per heavy atom. The summed E-state index contributed by atoms with van der Waals surface area (Å²) in [6, 6.07) is 8.49. The molecule has 1 saturated heterocycles. The van der Waals surface area contributed by atoms with E-state index in [-0.39, 0.29) is 11.9 Å². The first-order valence-corrected chi connectivity index (χ1v) is 11.7. The molecule has 162 valence electrons. The topological polar surface area (TPSA) is 67.3 Å². The fourth-order valence-corrected chi connectivity index (χ4v) is 4.42. The van der Waals surface area contributed by atoms with Crippen LogP contribution in [0.4, 0.5) is 0 Å². The third-order valence-corrected chi connectivity index (χ3v) is 6.23. The van der Waals surface area contributed by atoms with Gasteiger partial charge in [-0.3, -0.25) is 9.69 Å². The summed E-state index contributed by atoms with van der Waals surface area (Å²) in [5.41, 5.74) is 4.31. The zero-order chi connectivity index (χ0) is 21.5. The van der Waals surface area contributed by atoms with E-state index in [0.29, 0.717) is 12.8 Å². The number of carbonyl (C=O) groups is 1. The number of ether oxygens (including phenoxy) is 1. The lowest BCUT2D eigenvalue weighted by molar-refractivity contribution is -0.122. The summed E-state index contributed by atoms with van der Waals surface area (Å²) >= 11 is 1.54. The Bertz CT molecular complexity index is 843. The van der Waals surface area contributed by atoms with Crippen LogP contribution in [0.2, 0.25) is 0 Å². The molecule has 6 nitrogen and oxygen atoms in total. The number of piperidine rings is 1. The van der Waals surface area contributed by atoms with Crippen LogP contribution < -0.4 is 10.1 Å². The molecule has 1 aromatic carbocycles. The van der Waals surface area contributed by atoms with E-state index >= 15 is 0 Å². The lowest BCUT2D eigenvalue weighted by Crippen LogP contribution is -2.44. The van der Waals surface area contributed by atoms with Gasteiger partial charge >= 0.3 is 0 Å². The van der Waals surface area contributed by atoms with Gasteiger partial charge in [0.25, 0.3) is 0 Å². The molecular weight excluding hydrogens is 396 g/mol. The first-order chi connectivity index (χ1) is 14.5. The molecule has 0 atom stereocenters. The molecule has 0 aliphatic carbocycles. The molecule has 1 amide bonds. The number of nitrogens with zero attached hydrogens (tertiary/aromatic N) is 3. The molecule has 2 aromatic rings. The van der Waals surface area contributed by atoms with Gasteiger partial charge in [-0.25, -0.2) is 9.97 Å². The second kappa shape index (κ2) is 10.8. The summed E-state index contributed by atoms with van der Waals surface area (Å²) in [5.74, 6) is 1.02. The average Bonchev–Trinajstić information content (AvgIpc) is 2.74. The zero-order valence-electron chi connectivity index (χ0n) is 18.4. The first-order valence-electron chi connectivity index (χ1n) is 10.5. The van der Waals surface area contributed by atoms with E-state index in [1.807, 2.05) is 32.2 Å². The highest BCUT2D eigenvalue weighted by Gasteiger charge is 2.21. The SMILES string of the molecule is COc1cccc(CN2CCC(NC(=O)CCc3c(C)nc(SC)nc3C)CC2)c1. The van der Waals surface area contributed by atoms with Gasteiger partial charge in [0.15, 0.2) is 5.16 Å². The minimum absolute atomic E-state index is 0.119. The second-order valence-electron chi connectivity index (χ2n) is 7.83. The van der Waals surface area contributed by atoms with Gasteiger partial charge in [-0.1, -0.05) is 23.9 Å². The van der Waals surface area contributed by atoms with Crippen molar-refractivity contribution in [2.75, 3.05) is 26.5 Å². The third-order valence-electron chi connectivity index (χ3n) is 5.68. The van der Waals surface area contributed by atoms with Crippen LogP contribution in [0.25, 0.3) is 0 Å². The molecule has 7 heteroatoms. The van der Waals surface area contributed by atoms with Crippen molar-refractivity contribution in [3.05, 3.63) is 46.8 Å². The van der Waals surface area contributed by atoms with Gasteiger partial charge in [-0.05, 0) is 62.6 Å². The molecular formula is C23H32N4O2S. The normalized spacial score (nSPS) is 15.2. The Morgan fingerprint density at radius 2 is 1.93 bits per heavy atom. The predicted octanol–water partition coefficient (Wildman–Crippen LogP) is 3.54. The smallest absolute Gasteiger partial charge is 0.220 e. The number of likely N-dealkylation sites (tertiary alicyclic amines) is 1. The molecule has 30 heavy (non-hydrogen) atoms. The van der Waals surface area contributed by atoms with Crippen molar-refractivity contribution >= 4 is 17.7 Å². The number of benzene rings is 1. The maximum Gasteiger partial charge on any atom is 0.220 e. The largest absolute Gasteiger partial charge is 0.497 e. The molecule has 1 aromatic heterocycles. The van der Waals surface area contributed by atoms with E-state index < -0.39 is 0 Å². The van der Waals surface area contributed by atoms with Crippen LogP contribution >= 0.6 is 11.8 Å². The maximum absolute atomic E-state index is 12.5. The lowest BCUT2D eigenvalue weighted by atomic mass is 10.0. The highest BCUT2D eigenvalue weighted by Crippen LogP contribution is 2.19. The summed E-state index contributed by atoms with van der Waals surface area (Å²) in [6.07, 6.45) is 5.11. The predicted molar refractivity (Wildman–Crippen MR) is 121 cm³/mol. The van der Waals surface area contributed by atoms with Gasteiger partial charge in [0.2, 0.25) is 5.91 Å².